The maximum Gasteiger partial charge on any atom is 0.191 e. The van der Waals surface area contributed by atoms with Gasteiger partial charge in [-0.1, -0.05) is 23.7 Å². The summed E-state index contributed by atoms with van der Waals surface area (Å²) in [7, 11) is 0. The van der Waals surface area contributed by atoms with Crippen LogP contribution in [0.5, 0.6) is 0 Å². The third-order valence-corrected chi connectivity index (χ3v) is 6.90. The highest BCUT2D eigenvalue weighted by molar-refractivity contribution is 7.80. The molecule has 1 aliphatic carbocycles. The molecule has 6 nitrogen and oxygen atoms in total. The number of halogens is 1. The summed E-state index contributed by atoms with van der Waals surface area (Å²) in [5.74, 6) is 0. The highest BCUT2D eigenvalue weighted by Gasteiger charge is 2.25. The van der Waals surface area contributed by atoms with Crippen molar-refractivity contribution in [3.8, 4) is 0 Å². The predicted octanol–water partition coefficient (Wildman–Crippen LogP) is 5.92. The summed E-state index contributed by atoms with van der Waals surface area (Å²) in [6.07, 6.45) is 6.15. The van der Waals surface area contributed by atoms with E-state index in [4.69, 9.17) is 28.6 Å². The van der Waals surface area contributed by atoms with E-state index in [0.29, 0.717) is 10.1 Å². The summed E-state index contributed by atoms with van der Waals surface area (Å²) in [5.41, 5.74) is 10.1. The Balaban J connectivity index is 1.50. The Labute approximate surface area is 224 Å². The lowest BCUT2D eigenvalue weighted by atomic mass is 10.1. The van der Waals surface area contributed by atoms with Gasteiger partial charge in [0.1, 0.15) is 0 Å². The van der Waals surface area contributed by atoms with E-state index in [1.54, 1.807) is 0 Å². The number of hydrogen-bond acceptors (Lipinski definition) is 5. The molecule has 0 atom stereocenters. The van der Waals surface area contributed by atoms with Gasteiger partial charge in [0.2, 0.25) is 0 Å². The van der Waals surface area contributed by atoms with Gasteiger partial charge in [-0.15, -0.1) is 0 Å². The molecule has 2 aromatic carbocycles. The van der Waals surface area contributed by atoms with Crippen molar-refractivity contribution in [2.24, 2.45) is 5.10 Å². The van der Waals surface area contributed by atoms with Crippen molar-refractivity contribution in [1.29, 1.82) is 0 Å². The molecule has 1 fully saturated rings. The Morgan fingerprint density at radius 2 is 1.75 bits per heavy atom. The molecule has 2 N–H and O–H groups in total. The molecule has 2 aromatic rings. The van der Waals surface area contributed by atoms with Crippen LogP contribution in [0.4, 0.5) is 11.4 Å². The number of ether oxygens (including phenoxy) is 1. The number of hydrazone groups is 1. The maximum atomic E-state index is 5.95. The van der Waals surface area contributed by atoms with Crippen LogP contribution in [0.25, 0.3) is 6.08 Å². The highest BCUT2D eigenvalue weighted by atomic mass is 35.5. The predicted molar refractivity (Wildman–Crippen MR) is 156 cm³/mol. The van der Waals surface area contributed by atoms with Gasteiger partial charge >= 0.3 is 0 Å². The molecule has 0 radical (unpaired) electrons. The third-order valence-electron chi connectivity index (χ3n) is 6.45. The van der Waals surface area contributed by atoms with Crippen molar-refractivity contribution in [3.05, 3.63) is 76.0 Å². The number of rotatable bonds is 8. The minimum absolute atomic E-state index is 0.434. The Bertz CT molecular complexity index is 1120. The fourth-order valence-electron chi connectivity index (χ4n) is 4.60. The second kappa shape index (κ2) is 12.9. The fraction of sp³-hybridized carbons (Fsp3) is 0.357. The molecule has 0 bridgehead atoms. The lowest BCUT2D eigenvalue weighted by Gasteiger charge is -2.31. The summed E-state index contributed by atoms with van der Waals surface area (Å²) in [6.45, 7) is 9.65. The van der Waals surface area contributed by atoms with Gasteiger partial charge in [0.25, 0.3) is 0 Å². The summed E-state index contributed by atoms with van der Waals surface area (Å²) in [6, 6.07) is 16.2. The van der Waals surface area contributed by atoms with E-state index in [-0.39, 0.29) is 0 Å². The smallest absolute Gasteiger partial charge is 0.191 e. The first-order valence-electron chi connectivity index (χ1n) is 12.5. The minimum atomic E-state index is 0.434. The Kier molecular flexibility index (Phi) is 9.39. The standard InChI is InChI=1S/C28H34ClN5OS/c1-3-33(4-2)26-13-5-21(6-14-26)19-22-7-8-23(27(22)34-15-17-35-18-16-34)20-30-32-28(36)31-25-11-9-24(29)10-12-25/h5-6,9-14,19-20H,3-4,7-8,15-18H2,1-2H3,(H2,31,32,36)/b22-19-,30-20+. The minimum Gasteiger partial charge on any atom is -0.378 e. The van der Waals surface area contributed by atoms with Crippen LogP contribution in [0.2, 0.25) is 5.02 Å². The quantitative estimate of drug-likeness (QED) is 0.254. The highest BCUT2D eigenvalue weighted by Crippen LogP contribution is 2.35. The Hall–Kier alpha value is -2.87. The van der Waals surface area contributed by atoms with Gasteiger partial charge in [-0.3, -0.25) is 5.43 Å². The molecule has 0 aromatic heterocycles. The zero-order valence-corrected chi connectivity index (χ0v) is 22.5. The second-order valence-electron chi connectivity index (χ2n) is 8.74. The van der Waals surface area contributed by atoms with Crippen LogP contribution in [0.3, 0.4) is 0 Å². The van der Waals surface area contributed by atoms with Gasteiger partial charge in [0.05, 0.1) is 19.4 Å². The van der Waals surface area contributed by atoms with Gasteiger partial charge in [0.15, 0.2) is 5.11 Å². The van der Waals surface area contributed by atoms with E-state index < -0.39 is 0 Å². The number of anilines is 2. The van der Waals surface area contributed by atoms with Gasteiger partial charge in [-0.05, 0) is 98.1 Å². The molecule has 8 heteroatoms. The number of nitrogens with one attached hydrogen (secondary N) is 2. The number of hydrogen-bond donors (Lipinski definition) is 2. The second-order valence-corrected chi connectivity index (χ2v) is 9.58. The number of thiocarbonyl (C=S) groups is 1. The van der Waals surface area contributed by atoms with E-state index in [2.05, 4.69) is 69.8 Å². The van der Waals surface area contributed by atoms with Crippen LogP contribution < -0.4 is 15.6 Å². The largest absolute Gasteiger partial charge is 0.378 e. The van der Waals surface area contributed by atoms with Crippen molar-refractivity contribution in [1.82, 2.24) is 10.3 Å². The molecular weight excluding hydrogens is 490 g/mol. The van der Waals surface area contributed by atoms with E-state index in [9.17, 15) is 0 Å². The molecule has 1 aliphatic heterocycles. The molecule has 2 aliphatic rings. The van der Waals surface area contributed by atoms with Crippen LogP contribution in [0.1, 0.15) is 32.3 Å². The number of morpholine rings is 1. The average Bonchev–Trinajstić information content (AvgIpc) is 3.29. The molecule has 4 rings (SSSR count). The lowest BCUT2D eigenvalue weighted by Crippen LogP contribution is -2.36. The van der Waals surface area contributed by atoms with Crippen LogP contribution >= 0.6 is 23.8 Å². The zero-order chi connectivity index (χ0) is 25.3. The average molecular weight is 524 g/mol. The molecule has 0 saturated carbocycles. The first kappa shape index (κ1) is 26.2. The van der Waals surface area contributed by atoms with Crippen LogP contribution in [-0.4, -0.2) is 55.6 Å². The molecule has 1 heterocycles. The normalized spacial score (nSPS) is 17.2. The molecule has 0 unspecified atom stereocenters. The van der Waals surface area contributed by atoms with Gasteiger partial charge in [0, 0.05) is 48.3 Å². The molecule has 0 spiro atoms. The summed E-state index contributed by atoms with van der Waals surface area (Å²) >= 11 is 11.3. The van der Waals surface area contributed by atoms with E-state index in [1.165, 1.54) is 28.1 Å². The molecule has 36 heavy (non-hydrogen) atoms. The van der Waals surface area contributed by atoms with Gasteiger partial charge < -0.3 is 19.9 Å². The summed E-state index contributed by atoms with van der Waals surface area (Å²) in [5, 5.41) is 8.69. The van der Waals surface area contributed by atoms with E-state index >= 15 is 0 Å². The number of nitrogens with zero attached hydrogens (tertiary/aromatic N) is 3. The van der Waals surface area contributed by atoms with Crippen LogP contribution in [0, 0.1) is 0 Å². The SMILES string of the molecule is CCN(CC)c1ccc(/C=C2/CCC(/C=N/NC(=S)Nc3ccc(Cl)cc3)=C2N2CCOCC2)cc1. The van der Waals surface area contributed by atoms with Crippen LogP contribution in [-0.2, 0) is 4.74 Å². The van der Waals surface area contributed by atoms with Crippen LogP contribution in [0.15, 0.2) is 70.5 Å². The Morgan fingerprint density at radius 1 is 1.06 bits per heavy atom. The molecule has 190 valence electrons. The monoisotopic (exact) mass is 523 g/mol. The van der Waals surface area contributed by atoms with Gasteiger partial charge in [-0.2, -0.15) is 5.10 Å². The van der Waals surface area contributed by atoms with E-state index in [0.717, 1.165) is 57.9 Å². The fourth-order valence-corrected chi connectivity index (χ4v) is 4.90. The maximum absolute atomic E-state index is 5.95. The first-order chi connectivity index (χ1) is 17.6. The summed E-state index contributed by atoms with van der Waals surface area (Å²) < 4.78 is 5.61. The van der Waals surface area contributed by atoms with Crippen molar-refractivity contribution in [2.75, 3.05) is 49.6 Å². The lowest BCUT2D eigenvalue weighted by molar-refractivity contribution is 0.0548. The first-order valence-corrected chi connectivity index (χ1v) is 13.3. The van der Waals surface area contributed by atoms with Gasteiger partial charge in [-0.25, -0.2) is 0 Å². The van der Waals surface area contributed by atoms with Crippen molar-refractivity contribution in [2.45, 2.75) is 26.7 Å². The third kappa shape index (κ3) is 6.87. The molecule has 1 saturated heterocycles. The molecular formula is C28H34ClN5OS. The Morgan fingerprint density at radius 3 is 2.42 bits per heavy atom. The topological polar surface area (TPSA) is 52.1 Å². The number of benzene rings is 2. The zero-order valence-electron chi connectivity index (χ0n) is 21.0. The number of allylic oxidation sites excluding steroid dienone is 2. The van der Waals surface area contributed by atoms with Crippen molar-refractivity contribution < 1.29 is 4.74 Å². The van der Waals surface area contributed by atoms with E-state index in [1.807, 2.05) is 30.5 Å². The molecule has 0 amide bonds. The van der Waals surface area contributed by atoms with Crippen molar-refractivity contribution >= 4 is 52.6 Å². The van der Waals surface area contributed by atoms with Crippen molar-refractivity contribution in [3.63, 3.8) is 0 Å². The summed E-state index contributed by atoms with van der Waals surface area (Å²) in [4.78, 5) is 4.79.